The quantitative estimate of drug-likeness (QED) is 0.305. The van der Waals surface area contributed by atoms with Gasteiger partial charge in [0.25, 0.3) is 0 Å². The normalized spacial score (nSPS) is 11.9. The van der Waals surface area contributed by atoms with Crippen LogP contribution in [-0.4, -0.2) is 54.8 Å². The predicted octanol–water partition coefficient (Wildman–Crippen LogP) is 0.984. The lowest BCUT2D eigenvalue weighted by Gasteiger charge is -2.21. The van der Waals surface area contributed by atoms with Gasteiger partial charge in [0.2, 0.25) is 0 Å². The van der Waals surface area contributed by atoms with E-state index in [-0.39, 0.29) is 5.84 Å². The number of ether oxygens (including phenoxy) is 2. The lowest BCUT2D eigenvalue weighted by atomic mass is 10.2. The largest absolute Gasteiger partial charge is 0.497 e. The van der Waals surface area contributed by atoms with Gasteiger partial charge < -0.3 is 20.4 Å². The summed E-state index contributed by atoms with van der Waals surface area (Å²) in [5.41, 5.74) is 7.35. The predicted molar refractivity (Wildman–Crippen MR) is 80.7 cm³/mol. The maximum atomic E-state index is 8.61. The van der Waals surface area contributed by atoms with Crippen molar-refractivity contribution in [1.29, 1.82) is 0 Å². The van der Waals surface area contributed by atoms with Crippen LogP contribution in [0.25, 0.3) is 0 Å². The molecule has 1 rings (SSSR count). The second-order valence-corrected chi connectivity index (χ2v) is 4.75. The lowest BCUT2D eigenvalue weighted by Crippen LogP contribution is -2.31. The maximum Gasteiger partial charge on any atom is 0.140 e. The Kier molecular flexibility index (Phi) is 7.49. The third-order valence-corrected chi connectivity index (χ3v) is 3.03. The van der Waals surface area contributed by atoms with Crippen molar-refractivity contribution in [1.82, 2.24) is 9.88 Å². The molecule has 1 aromatic heterocycles. The zero-order valence-electron chi connectivity index (χ0n) is 12.9. The summed E-state index contributed by atoms with van der Waals surface area (Å²) >= 11 is 0. The van der Waals surface area contributed by atoms with Gasteiger partial charge in [-0.3, -0.25) is 9.88 Å². The van der Waals surface area contributed by atoms with E-state index in [1.165, 1.54) is 0 Å². The van der Waals surface area contributed by atoms with Gasteiger partial charge in [0, 0.05) is 51.0 Å². The van der Waals surface area contributed by atoms with Crippen molar-refractivity contribution in [2.24, 2.45) is 10.9 Å². The van der Waals surface area contributed by atoms with Gasteiger partial charge in [0.05, 0.1) is 19.4 Å². The highest BCUT2D eigenvalue weighted by Crippen LogP contribution is 2.14. The van der Waals surface area contributed by atoms with E-state index < -0.39 is 0 Å². The first-order valence-corrected chi connectivity index (χ1v) is 6.78. The van der Waals surface area contributed by atoms with Gasteiger partial charge in [-0.05, 0) is 6.92 Å². The summed E-state index contributed by atoms with van der Waals surface area (Å²) < 4.78 is 10.4. The number of hydrogen-bond donors (Lipinski definition) is 2. The summed E-state index contributed by atoms with van der Waals surface area (Å²) in [6.45, 7) is 4.60. The van der Waals surface area contributed by atoms with Crippen molar-refractivity contribution < 1.29 is 14.7 Å². The molecule has 0 spiro atoms. The van der Waals surface area contributed by atoms with Crippen molar-refractivity contribution in [3.63, 3.8) is 0 Å². The fourth-order valence-electron chi connectivity index (χ4n) is 1.94. The summed E-state index contributed by atoms with van der Waals surface area (Å²) in [5.74, 6) is 1.01. The smallest absolute Gasteiger partial charge is 0.140 e. The van der Waals surface area contributed by atoms with Crippen LogP contribution in [0.1, 0.15) is 17.8 Å². The average molecular weight is 296 g/mol. The first kappa shape index (κ1) is 17.2. The SMILES string of the molecule is COCCN(CC/C(N)=N/O)Cc1cc(OC)cc(C)n1. The Balaban J connectivity index is 2.72. The van der Waals surface area contributed by atoms with Crippen molar-refractivity contribution in [3.05, 3.63) is 23.5 Å². The molecule has 0 saturated heterocycles. The molecular weight excluding hydrogens is 272 g/mol. The molecule has 0 aliphatic heterocycles. The van der Waals surface area contributed by atoms with Crippen molar-refractivity contribution in [3.8, 4) is 5.75 Å². The van der Waals surface area contributed by atoms with E-state index in [9.17, 15) is 0 Å². The molecule has 21 heavy (non-hydrogen) atoms. The van der Waals surface area contributed by atoms with Crippen LogP contribution in [0.4, 0.5) is 0 Å². The molecule has 0 aliphatic carbocycles. The van der Waals surface area contributed by atoms with Crippen LogP contribution in [0, 0.1) is 6.92 Å². The number of rotatable bonds is 9. The second kappa shape index (κ2) is 9.15. The highest BCUT2D eigenvalue weighted by atomic mass is 16.5. The molecule has 3 N–H and O–H groups in total. The standard InChI is InChI=1S/C14H24N4O3/c1-11-8-13(21-3)9-12(16-11)10-18(6-7-20-2)5-4-14(15)17-19/h8-9,19H,4-7,10H2,1-3H3,(H2,15,17). The van der Waals surface area contributed by atoms with Gasteiger partial charge in [-0.25, -0.2) is 0 Å². The van der Waals surface area contributed by atoms with Crippen LogP contribution >= 0.6 is 0 Å². The molecule has 1 heterocycles. The first-order valence-electron chi connectivity index (χ1n) is 6.78. The Labute approximate surface area is 125 Å². The van der Waals surface area contributed by atoms with Crippen LogP contribution in [-0.2, 0) is 11.3 Å². The second-order valence-electron chi connectivity index (χ2n) is 4.75. The molecule has 0 aromatic carbocycles. The third kappa shape index (κ3) is 6.42. The molecular formula is C14H24N4O3. The zero-order valence-corrected chi connectivity index (χ0v) is 12.9. The minimum absolute atomic E-state index is 0.215. The summed E-state index contributed by atoms with van der Waals surface area (Å²) in [6, 6.07) is 3.80. The zero-order chi connectivity index (χ0) is 15.7. The van der Waals surface area contributed by atoms with E-state index in [0.29, 0.717) is 26.1 Å². The van der Waals surface area contributed by atoms with Gasteiger partial charge in [0.15, 0.2) is 0 Å². The van der Waals surface area contributed by atoms with E-state index in [2.05, 4.69) is 15.0 Å². The Morgan fingerprint density at radius 3 is 2.76 bits per heavy atom. The van der Waals surface area contributed by atoms with E-state index in [0.717, 1.165) is 23.7 Å². The summed E-state index contributed by atoms with van der Waals surface area (Å²) in [5, 5.41) is 11.6. The maximum absolute atomic E-state index is 8.61. The molecule has 0 unspecified atom stereocenters. The van der Waals surface area contributed by atoms with E-state index in [1.807, 2.05) is 19.1 Å². The topological polar surface area (TPSA) is 93.2 Å². The fourth-order valence-corrected chi connectivity index (χ4v) is 1.94. The number of nitrogens with two attached hydrogens (primary N) is 1. The lowest BCUT2D eigenvalue weighted by molar-refractivity contribution is 0.144. The Morgan fingerprint density at radius 1 is 1.38 bits per heavy atom. The molecule has 0 fully saturated rings. The number of aryl methyl sites for hydroxylation is 1. The van der Waals surface area contributed by atoms with Crippen molar-refractivity contribution in [2.75, 3.05) is 33.9 Å². The van der Waals surface area contributed by atoms with Crippen LogP contribution < -0.4 is 10.5 Å². The van der Waals surface area contributed by atoms with Crippen LogP contribution in [0.15, 0.2) is 17.3 Å². The Morgan fingerprint density at radius 2 is 2.14 bits per heavy atom. The number of hydrogen-bond acceptors (Lipinski definition) is 6. The average Bonchev–Trinajstić information content (AvgIpc) is 2.48. The first-order chi connectivity index (χ1) is 10.1. The highest BCUT2D eigenvalue weighted by molar-refractivity contribution is 5.79. The third-order valence-electron chi connectivity index (χ3n) is 3.03. The molecule has 7 heteroatoms. The molecule has 0 bridgehead atoms. The van der Waals surface area contributed by atoms with Crippen LogP contribution in [0.5, 0.6) is 5.75 Å². The number of aromatic nitrogens is 1. The van der Waals surface area contributed by atoms with E-state index in [1.54, 1.807) is 14.2 Å². The minimum atomic E-state index is 0.215. The number of oxime groups is 1. The molecule has 7 nitrogen and oxygen atoms in total. The van der Waals surface area contributed by atoms with Gasteiger partial charge >= 0.3 is 0 Å². The van der Waals surface area contributed by atoms with Gasteiger partial charge in [-0.15, -0.1) is 0 Å². The van der Waals surface area contributed by atoms with Gasteiger partial charge in [0.1, 0.15) is 11.6 Å². The summed E-state index contributed by atoms with van der Waals surface area (Å²) in [6.07, 6.45) is 0.489. The molecule has 0 amide bonds. The molecule has 118 valence electrons. The van der Waals surface area contributed by atoms with Crippen LogP contribution in [0.2, 0.25) is 0 Å². The van der Waals surface area contributed by atoms with Crippen molar-refractivity contribution >= 4 is 5.84 Å². The molecule has 0 aliphatic rings. The van der Waals surface area contributed by atoms with E-state index in [4.69, 9.17) is 20.4 Å². The highest BCUT2D eigenvalue weighted by Gasteiger charge is 2.09. The van der Waals surface area contributed by atoms with Gasteiger partial charge in [-0.1, -0.05) is 5.16 Å². The minimum Gasteiger partial charge on any atom is -0.497 e. The monoisotopic (exact) mass is 296 g/mol. The van der Waals surface area contributed by atoms with Crippen molar-refractivity contribution in [2.45, 2.75) is 19.9 Å². The van der Waals surface area contributed by atoms with Crippen LogP contribution in [0.3, 0.4) is 0 Å². The number of pyridine rings is 1. The molecule has 0 radical (unpaired) electrons. The summed E-state index contributed by atoms with van der Waals surface area (Å²) in [4.78, 5) is 6.65. The number of nitrogens with zero attached hydrogens (tertiary/aromatic N) is 3. The molecule has 0 saturated carbocycles. The van der Waals surface area contributed by atoms with E-state index >= 15 is 0 Å². The molecule has 1 aromatic rings. The Bertz CT molecular complexity index is 466. The number of amidine groups is 1. The molecule has 0 atom stereocenters. The summed E-state index contributed by atoms with van der Waals surface area (Å²) in [7, 11) is 3.30. The van der Waals surface area contributed by atoms with Gasteiger partial charge in [-0.2, -0.15) is 0 Å². The fraction of sp³-hybridized carbons (Fsp3) is 0.571. The Hall–Kier alpha value is -1.86. The number of methoxy groups -OCH3 is 2.